The number of aliphatic hydroxyl groups is 3. The summed E-state index contributed by atoms with van der Waals surface area (Å²) in [5.41, 5.74) is 1.96. The molecule has 1 saturated heterocycles. The van der Waals surface area contributed by atoms with Crippen LogP contribution >= 0.6 is 0 Å². The first-order valence-corrected chi connectivity index (χ1v) is 8.09. The Kier molecular flexibility index (Phi) is 4.89. The standard InChI is InChI=1S/C17H22O7/c1-8-13(18)14(19)15(20)17(23-8)24-12-4-2-3-9-5-6-10(16(21)22)7-11(9)12/h5-8,12-15,17-20H,2-4H2,1H3,(H,21,22)/t8?,12?,13-,14?,15?,17+/m1/s1. The highest BCUT2D eigenvalue weighted by Gasteiger charge is 2.43. The minimum atomic E-state index is -1.37. The van der Waals surface area contributed by atoms with Crippen molar-refractivity contribution in [2.24, 2.45) is 0 Å². The molecule has 1 heterocycles. The van der Waals surface area contributed by atoms with E-state index < -0.39 is 42.8 Å². The Morgan fingerprint density at radius 3 is 2.67 bits per heavy atom. The van der Waals surface area contributed by atoms with E-state index in [9.17, 15) is 20.1 Å². The molecular formula is C17H22O7. The average Bonchev–Trinajstić information content (AvgIpc) is 2.57. The SMILES string of the molecule is CC1O[C@@H](OC2CCCc3ccc(C(=O)O)cc32)C(O)C(O)[C@@H]1O. The summed E-state index contributed by atoms with van der Waals surface area (Å²) in [5, 5.41) is 38.9. The van der Waals surface area contributed by atoms with Crippen molar-refractivity contribution in [2.45, 2.75) is 63.0 Å². The number of carboxylic acids is 1. The lowest BCUT2D eigenvalue weighted by Gasteiger charge is -2.41. The van der Waals surface area contributed by atoms with Crippen molar-refractivity contribution in [1.82, 2.24) is 0 Å². The second kappa shape index (κ2) is 6.78. The fourth-order valence-electron chi connectivity index (χ4n) is 3.32. The quantitative estimate of drug-likeness (QED) is 0.638. The summed E-state index contributed by atoms with van der Waals surface area (Å²) in [5.74, 6) is -1.01. The molecule has 0 spiro atoms. The smallest absolute Gasteiger partial charge is 0.335 e. The van der Waals surface area contributed by atoms with Crippen LogP contribution in [0.1, 0.15) is 47.4 Å². The van der Waals surface area contributed by atoms with E-state index in [1.807, 2.05) is 0 Å². The lowest BCUT2D eigenvalue weighted by Crippen LogP contribution is -2.57. The molecule has 1 aliphatic carbocycles. The van der Waals surface area contributed by atoms with Gasteiger partial charge in [-0.05, 0) is 49.4 Å². The lowest BCUT2D eigenvalue weighted by atomic mass is 9.88. The first-order chi connectivity index (χ1) is 11.4. The van der Waals surface area contributed by atoms with E-state index in [2.05, 4.69) is 0 Å². The maximum Gasteiger partial charge on any atom is 0.335 e. The van der Waals surface area contributed by atoms with Gasteiger partial charge in [-0.25, -0.2) is 4.79 Å². The van der Waals surface area contributed by atoms with Crippen LogP contribution in [0.25, 0.3) is 0 Å². The largest absolute Gasteiger partial charge is 0.478 e. The third kappa shape index (κ3) is 3.18. The topological polar surface area (TPSA) is 116 Å². The first kappa shape index (κ1) is 17.3. The zero-order valence-electron chi connectivity index (χ0n) is 13.3. The zero-order valence-corrected chi connectivity index (χ0v) is 13.3. The van der Waals surface area contributed by atoms with E-state index >= 15 is 0 Å². The summed E-state index contributed by atoms with van der Waals surface area (Å²) in [4.78, 5) is 11.2. The van der Waals surface area contributed by atoms with Crippen LogP contribution in [0.2, 0.25) is 0 Å². The van der Waals surface area contributed by atoms with Crippen LogP contribution in [0.3, 0.4) is 0 Å². The van der Waals surface area contributed by atoms with E-state index in [0.29, 0.717) is 6.42 Å². The van der Waals surface area contributed by atoms with Crippen LogP contribution in [-0.4, -0.2) is 57.1 Å². The number of aryl methyl sites for hydroxylation is 1. The second-order valence-corrected chi connectivity index (χ2v) is 6.42. The van der Waals surface area contributed by atoms with E-state index in [0.717, 1.165) is 24.0 Å². The van der Waals surface area contributed by atoms with E-state index in [-0.39, 0.29) is 5.56 Å². The molecule has 6 atom stereocenters. The van der Waals surface area contributed by atoms with Crippen molar-refractivity contribution in [3.05, 3.63) is 34.9 Å². The molecule has 0 saturated carbocycles. The molecular weight excluding hydrogens is 316 g/mol. The molecule has 0 amide bonds. The van der Waals surface area contributed by atoms with Crippen LogP contribution in [0.4, 0.5) is 0 Å². The summed E-state index contributed by atoms with van der Waals surface area (Å²) >= 11 is 0. The fraction of sp³-hybridized carbons (Fsp3) is 0.588. The summed E-state index contributed by atoms with van der Waals surface area (Å²) < 4.78 is 11.3. The van der Waals surface area contributed by atoms with Crippen molar-refractivity contribution >= 4 is 5.97 Å². The number of fused-ring (bicyclic) bond motifs is 1. The van der Waals surface area contributed by atoms with Gasteiger partial charge in [-0.1, -0.05) is 6.07 Å². The summed E-state index contributed by atoms with van der Waals surface area (Å²) in [6.45, 7) is 1.59. The number of benzene rings is 1. The summed E-state index contributed by atoms with van der Waals surface area (Å²) in [6.07, 6.45) is -3.73. The Labute approximate surface area is 139 Å². The summed E-state index contributed by atoms with van der Waals surface area (Å²) in [6, 6.07) is 4.94. The van der Waals surface area contributed by atoms with Crippen LogP contribution < -0.4 is 0 Å². The number of rotatable bonds is 3. The van der Waals surface area contributed by atoms with Crippen molar-refractivity contribution in [3.63, 3.8) is 0 Å². The van der Waals surface area contributed by atoms with E-state index in [1.165, 1.54) is 0 Å². The van der Waals surface area contributed by atoms with Crippen LogP contribution in [0.15, 0.2) is 18.2 Å². The zero-order chi connectivity index (χ0) is 17.4. The van der Waals surface area contributed by atoms with Crippen molar-refractivity contribution in [3.8, 4) is 0 Å². The molecule has 0 aromatic heterocycles. The van der Waals surface area contributed by atoms with Gasteiger partial charge >= 0.3 is 5.97 Å². The van der Waals surface area contributed by atoms with Gasteiger partial charge in [0.2, 0.25) is 0 Å². The van der Waals surface area contributed by atoms with Crippen molar-refractivity contribution in [1.29, 1.82) is 0 Å². The molecule has 0 radical (unpaired) electrons. The third-order valence-electron chi connectivity index (χ3n) is 4.76. The Morgan fingerprint density at radius 2 is 1.96 bits per heavy atom. The number of carbonyl (C=O) groups is 1. The molecule has 2 aliphatic rings. The Morgan fingerprint density at radius 1 is 1.21 bits per heavy atom. The molecule has 1 aromatic carbocycles. The molecule has 1 aliphatic heterocycles. The number of aliphatic hydroxyl groups excluding tert-OH is 3. The van der Waals surface area contributed by atoms with Gasteiger partial charge in [0.1, 0.15) is 18.3 Å². The monoisotopic (exact) mass is 338 g/mol. The predicted molar refractivity (Wildman–Crippen MR) is 82.5 cm³/mol. The minimum absolute atomic E-state index is 0.179. The van der Waals surface area contributed by atoms with Gasteiger partial charge in [-0.2, -0.15) is 0 Å². The van der Waals surface area contributed by atoms with Crippen LogP contribution in [-0.2, 0) is 15.9 Å². The minimum Gasteiger partial charge on any atom is -0.478 e. The van der Waals surface area contributed by atoms with Gasteiger partial charge < -0.3 is 29.9 Å². The van der Waals surface area contributed by atoms with Gasteiger partial charge in [0, 0.05) is 0 Å². The van der Waals surface area contributed by atoms with Gasteiger partial charge in [0.05, 0.1) is 17.8 Å². The maximum absolute atomic E-state index is 11.2. The lowest BCUT2D eigenvalue weighted by molar-refractivity contribution is -0.306. The fourth-order valence-corrected chi connectivity index (χ4v) is 3.32. The number of hydrogen-bond donors (Lipinski definition) is 4. The molecule has 1 aromatic rings. The molecule has 7 heteroatoms. The Balaban J connectivity index is 1.82. The third-order valence-corrected chi connectivity index (χ3v) is 4.76. The van der Waals surface area contributed by atoms with E-state index in [1.54, 1.807) is 25.1 Å². The summed E-state index contributed by atoms with van der Waals surface area (Å²) in [7, 11) is 0. The first-order valence-electron chi connectivity index (χ1n) is 8.09. The van der Waals surface area contributed by atoms with E-state index in [4.69, 9.17) is 14.6 Å². The van der Waals surface area contributed by atoms with Crippen LogP contribution in [0.5, 0.6) is 0 Å². The molecule has 24 heavy (non-hydrogen) atoms. The normalized spacial score (nSPS) is 36.2. The van der Waals surface area contributed by atoms with Gasteiger partial charge in [-0.3, -0.25) is 0 Å². The van der Waals surface area contributed by atoms with Gasteiger partial charge in [0.25, 0.3) is 0 Å². The van der Waals surface area contributed by atoms with Gasteiger partial charge in [0.15, 0.2) is 6.29 Å². The Hall–Kier alpha value is -1.51. The van der Waals surface area contributed by atoms with Gasteiger partial charge in [-0.15, -0.1) is 0 Å². The number of hydrogen-bond acceptors (Lipinski definition) is 6. The molecule has 132 valence electrons. The van der Waals surface area contributed by atoms with Crippen LogP contribution in [0, 0.1) is 0 Å². The number of ether oxygens (including phenoxy) is 2. The highest BCUT2D eigenvalue weighted by molar-refractivity contribution is 5.88. The highest BCUT2D eigenvalue weighted by atomic mass is 16.7. The molecule has 1 fully saturated rings. The van der Waals surface area contributed by atoms with Crippen molar-refractivity contribution in [2.75, 3.05) is 0 Å². The average molecular weight is 338 g/mol. The highest BCUT2D eigenvalue weighted by Crippen LogP contribution is 2.36. The van der Waals surface area contributed by atoms with Crippen molar-refractivity contribution < 1.29 is 34.7 Å². The molecule has 7 nitrogen and oxygen atoms in total. The maximum atomic E-state index is 11.2. The number of aromatic carboxylic acids is 1. The molecule has 0 bridgehead atoms. The number of carboxylic acid groups (broad SMARTS) is 1. The Bertz CT molecular complexity index is 617. The molecule has 4 N–H and O–H groups in total. The second-order valence-electron chi connectivity index (χ2n) is 6.42. The predicted octanol–water partition coefficient (Wildman–Crippen LogP) is 0.606. The molecule has 3 rings (SSSR count). The molecule has 4 unspecified atom stereocenters.